The summed E-state index contributed by atoms with van der Waals surface area (Å²) < 4.78 is 4.75. The van der Waals surface area contributed by atoms with Gasteiger partial charge in [-0.1, -0.05) is 12.6 Å². The van der Waals surface area contributed by atoms with Gasteiger partial charge >= 0.3 is 0 Å². The van der Waals surface area contributed by atoms with E-state index in [2.05, 4.69) is 9.97 Å². The van der Waals surface area contributed by atoms with Gasteiger partial charge in [0.05, 0.1) is 19.5 Å². The van der Waals surface area contributed by atoms with E-state index in [1.165, 1.54) is 19.5 Å². The Balaban J connectivity index is 2.94. The lowest BCUT2D eigenvalue weighted by molar-refractivity contribution is 0.392. The zero-order valence-corrected chi connectivity index (χ0v) is 5.68. The molecule has 0 aliphatic heterocycles. The standard InChI is InChI=1S/C5H5N2OS/c1-8-4-2-6-3-5(9)7-4/h2-3H,1H3. The molecule has 0 atom stereocenters. The number of rotatable bonds is 1. The van der Waals surface area contributed by atoms with Crippen LogP contribution in [0.25, 0.3) is 0 Å². The summed E-state index contributed by atoms with van der Waals surface area (Å²) in [5.74, 6) is 0.461. The second-order valence-electron chi connectivity index (χ2n) is 1.40. The minimum absolute atomic E-state index is 0.453. The van der Waals surface area contributed by atoms with Crippen molar-refractivity contribution < 1.29 is 4.74 Å². The fourth-order valence-electron chi connectivity index (χ4n) is 0.429. The predicted molar refractivity (Wildman–Crippen MR) is 34.4 cm³/mol. The molecule has 0 aromatic carbocycles. The maximum absolute atomic E-state index is 4.75. The topological polar surface area (TPSA) is 35.0 Å². The Hall–Kier alpha value is -0.900. The van der Waals surface area contributed by atoms with Gasteiger partial charge < -0.3 is 4.74 Å². The van der Waals surface area contributed by atoms with Gasteiger partial charge in [0.2, 0.25) is 5.88 Å². The van der Waals surface area contributed by atoms with E-state index in [1.54, 1.807) is 0 Å². The van der Waals surface area contributed by atoms with Crippen LogP contribution in [0.4, 0.5) is 0 Å². The second kappa shape index (κ2) is 2.59. The van der Waals surface area contributed by atoms with Crippen molar-refractivity contribution in [2.45, 2.75) is 5.03 Å². The summed E-state index contributed by atoms with van der Waals surface area (Å²) in [6.07, 6.45) is 3.01. The molecule has 0 saturated carbocycles. The maximum Gasteiger partial charge on any atom is 0.233 e. The highest BCUT2D eigenvalue weighted by Gasteiger charge is 1.91. The van der Waals surface area contributed by atoms with Crippen LogP contribution < -0.4 is 4.74 Å². The van der Waals surface area contributed by atoms with E-state index in [4.69, 9.17) is 17.4 Å². The SMILES string of the molecule is COc1cncc([S])n1. The highest BCUT2D eigenvalue weighted by Crippen LogP contribution is 2.05. The van der Waals surface area contributed by atoms with Gasteiger partial charge in [0.1, 0.15) is 5.03 Å². The smallest absolute Gasteiger partial charge is 0.233 e. The molecule has 0 fully saturated rings. The van der Waals surface area contributed by atoms with Crippen molar-refractivity contribution in [1.29, 1.82) is 0 Å². The van der Waals surface area contributed by atoms with Gasteiger partial charge in [-0.05, 0) is 0 Å². The maximum atomic E-state index is 4.75. The Bertz CT molecular complexity index is 204. The van der Waals surface area contributed by atoms with E-state index in [0.29, 0.717) is 10.9 Å². The molecule has 0 amide bonds. The molecular weight excluding hydrogens is 136 g/mol. The van der Waals surface area contributed by atoms with Gasteiger partial charge in [0.25, 0.3) is 0 Å². The first-order valence-electron chi connectivity index (χ1n) is 2.36. The Labute approximate surface area is 58.5 Å². The summed E-state index contributed by atoms with van der Waals surface area (Å²) in [7, 11) is 1.53. The number of hydrogen-bond donors (Lipinski definition) is 0. The van der Waals surface area contributed by atoms with Crippen LogP contribution in [0.1, 0.15) is 0 Å². The largest absolute Gasteiger partial charge is 0.480 e. The quantitative estimate of drug-likeness (QED) is 0.586. The summed E-state index contributed by atoms with van der Waals surface area (Å²) in [5.41, 5.74) is 0. The van der Waals surface area contributed by atoms with Gasteiger partial charge in [-0.3, -0.25) is 4.98 Å². The molecule has 1 radical (unpaired) electrons. The van der Waals surface area contributed by atoms with Crippen LogP contribution in [0.5, 0.6) is 5.88 Å². The molecule has 1 rings (SSSR count). The van der Waals surface area contributed by atoms with Crippen molar-refractivity contribution in [1.82, 2.24) is 9.97 Å². The molecule has 0 saturated heterocycles. The molecule has 0 bridgehead atoms. The van der Waals surface area contributed by atoms with Crippen molar-refractivity contribution in [3.8, 4) is 5.88 Å². The van der Waals surface area contributed by atoms with Crippen LogP contribution in [0.3, 0.4) is 0 Å². The fraction of sp³-hybridized carbons (Fsp3) is 0.200. The molecule has 47 valence electrons. The summed E-state index contributed by atoms with van der Waals surface area (Å²) in [4.78, 5) is 7.59. The molecule has 3 nitrogen and oxygen atoms in total. The van der Waals surface area contributed by atoms with Crippen molar-refractivity contribution in [2.24, 2.45) is 0 Å². The van der Waals surface area contributed by atoms with Gasteiger partial charge in [0.15, 0.2) is 0 Å². The van der Waals surface area contributed by atoms with Gasteiger partial charge in [-0.2, -0.15) is 4.98 Å². The normalized spacial score (nSPS) is 9.00. The Kier molecular flexibility index (Phi) is 1.79. The van der Waals surface area contributed by atoms with Gasteiger partial charge in [-0.15, -0.1) is 0 Å². The molecule has 1 aromatic heterocycles. The third-order valence-corrected chi connectivity index (χ3v) is 0.996. The van der Waals surface area contributed by atoms with Crippen molar-refractivity contribution in [3.05, 3.63) is 12.4 Å². The summed E-state index contributed by atoms with van der Waals surface area (Å²) in [6.45, 7) is 0. The Morgan fingerprint density at radius 1 is 1.56 bits per heavy atom. The zero-order chi connectivity index (χ0) is 6.69. The molecule has 0 spiro atoms. The van der Waals surface area contributed by atoms with Crippen molar-refractivity contribution in [2.75, 3.05) is 7.11 Å². The number of ether oxygens (including phenoxy) is 1. The molecule has 4 heteroatoms. The molecular formula is C5H5N2OS. The minimum Gasteiger partial charge on any atom is -0.480 e. The highest BCUT2D eigenvalue weighted by atomic mass is 32.1. The summed E-state index contributed by atoms with van der Waals surface area (Å²) >= 11 is 4.71. The number of aromatic nitrogens is 2. The van der Waals surface area contributed by atoms with Crippen LogP contribution in [-0.4, -0.2) is 17.1 Å². The highest BCUT2D eigenvalue weighted by molar-refractivity contribution is 7.80. The van der Waals surface area contributed by atoms with E-state index in [1.807, 2.05) is 0 Å². The molecule has 9 heavy (non-hydrogen) atoms. The Morgan fingerprint density at radius 3 is 2.78 bits per heavy atom. The van der Waals surface area contributed by atoms with Gasteiger partial charge in [-0.25, -0.2) is 0 Å². The molecule has 1 heterocycles. The molecule has 0 aliphatic rings. The van der Waals surface area contributed by atoms with Crippen LogP contribution in [0.2, 0.25) is 0 Å². The molecule has 1 aromatic rings. The van der Waals surface area contributed by atoms with E-state index in [9.17, 15) is 0 Å². The molecule has 0 unspecified atom stereocenters. The summed E-state index contributed by atoms with van der Waals surface area (Å²) in [5, 5.41) is 0.453. The Morgan fingerprint density at radius 2 is 2.33 bits per heavy atom. The summed E-state index contributed by atoms with van der Waals surface area (Å²) in [6, 6.07) is 0. The van der Waals surface area contributed by atoms with E-state index < -0.39 is 0 Å². The average molecular weight is 141 g/mol. The predicted octanol–water partition coefficient (Wildman–Crippen LogP) is 1.04. The molecule has 0 N–H and O–H groups in total. The third-order valence-electron chi connectivity index (χ3n) is 0.799. The lowest BCUT2D eigenvalue weighted by Crippen LogP contribution is -1.88. The first kappa shape index (κ1) is 6.22. The van der Waals surface area contributed by atoms with Crippen LogP contribution in [-0.2, 0) is 0 Å². The van der Waals surface area contributed by atoms with Crippen molar-refractivity contribution in [3.63, 3.8) is 0 Å². The minimum atomic E-state index is 0.453. The molecule has 0 aliphatic carbocycles. The van der Waals surface area contributed by atoms with Crippen LogP contribution in [0, 0.1) is 0 Å². The third kappa shape index (κ3) is 1.50. The van der Waals surface area contributed by atoms with Crippen LogP contribution >= 0.6 is 12.6 Å². The second-order valence-corrected chi connectivity index (χ2v) is 1.82. The first-order chi connectivity index (χ1) is 4.33. The fourth-order valence-corrected chi connectivity index (χ4v) is 0.580. The zero-order valence-electron chi connectivity index (χ0n) is 4.87. The average Bonchev–Trinajstić information content (AvgIpc) is 1.88. The lowest BCUT2D eigenvalue weighted by atomic mass is 10.7. The van der Waals surface area contributed by atoms with Crippen LogP contribution in [0.15, 0.2) is 17.4 Å². The number of methoxy groups -OCH3 is 1. The number of nitrogens with zero attached hydrogens (tertiary/aromatic N) is 2. The number of hydrogen-bond acceptors (Lipinski definition) is 3. The van der Waals surface area contributed by atoms with E-state index >= 15 is 0 Å². The first-order valence-corrected chi connectivity index (χ1v) is 2.77. The van der Waals surface area contributed by atoms with Gasteiger partial charge in [0, 0.05) is 0 Å². The monoisotopic (exact) mass is 141 g/mol. The van der Waals surface area contributed by atoms with Crippen molar-refractivity contribution >= 4 is 12.6 Å². The lowest BCUT2D eigenvalue weighted by Gasteiger charge is -1.94. The van der Waals surface area contributed by atoms with E-state index in [0.717, 1.165) is 0 Å². The van der Waals surface area contributed by atoms with E-state index in [-0.39, 0.29) is 0 Å².